The first-order valence-electron chi connectivity index (χ1n) is 6.49. The normalized spacial score (nSPS) is 9.82. The molecule has 106 valence electrons. The van der Waals surface area contributed by atoms with Crippen molar-refractivity contribution >= 4 is 37.2 Å². The Morgan fingerprint density at radius 1 is 0.824 bits per heavy atom. The van der Waals surface area contributed by atoms with Crippen LogP contribution in [0.5, 0.6) is 0 Å². The maximum atomic E-state index is 9.79. The molecule has 0 saturated carbocycles. The molecule has 0 heterocycles. The molecule has 5 heteroatoms. The Balaban J connectivity index is 0. The molecule has 0 amide bonds. The third-order valence-electron chi connectivity index (χ3n) is 2.60. The Bertz CT molecular complexity index is 137. The third kappa shape index (κ3) is 27.1. The first kappa shape index (κ1) is 21.1. The van der Waals surface area contributed by atoms with E-state index in [1.54, 1.807) is 0 Å². The van der Waals surface area contributed by atoms with Gasteiger partial charge in [-0.3, -0.25) is 0 Å². The van der Waals surface area contributed by atoms with Gasteiger partial charge >= 0.3 is 50.5 Å². The van der Waals surface area contributed by atoms with Crippen molar-refractivity contribution in [3.8, 4) is 0 Å². The first-order valence-corrected chi connectivity index (χ1v) is 19.1. The van der Waals surface area contributed by atoms with Gasteiger partial charge in [0.15, 0.2) is 0 Å². The fourth-order valence-electron chi connectivity index (χ4n) is 1.66. The van der Waals surface area contributed by atoms with Crippen LogP contribution in [0.25, 0.3) is 0 Å². The van der Waals surface area contributed by atoms with E-state index in [1.807, 2.05) is 0 Å². The van der Waals surface area contributed by atoms with Gasteiger partial charge in [0.05, 0.1) is 6.54 Å². The van der Waals surface area contributed by atoms with Crippen molar-refractivity contribution in [1.82, 2.24) is 0 Å². The van der Waals surface area contributed by atoms with Crippen LogP contribution >= 0.6 is 37.2 Å². The molecule has 0 rings (SSSR count). The topological polar surface area (TPSA) is 29.4 Å². The molecule has 17 heavy (non-hydrogen) atoms. The second kappa shape index (κ2) is 22.9. The van der Waals surface area contributed by atoms with Crippen molar-refractivity contribution < 1.29 is 13.3 Å². The minimum atomic E-state index is 0.510. The van der Waals surface area contributed by atoms with Gasteiger partial charge in [0.2, 0.25) is 0 Å². The van der Waals surface area contributed by atoms with E-state index in [0.717, 1.165) is 6.42 Å². The zero-order chi connectivity index (χ0) is 13.2. The zero-order valence-electron chi connectivity index (χ0n) is 10.8. The molecule has 0 N–H and O–H groups in total. The number of hydrogen-bond donors (Lipinski definition) is 0. The van der Waals surface area contributed by atoms with E-state index >= 15 is 0 Å². The number of halogens is 3. The van der Waals surface area contributed by atoms with Crippen LogP contribution in [0.4, 0.5) is 0 Å². The summed E-state index contributed by atoms with van der Waals surface area (Å²) in [4.78, 5) is 9.79. The monoisotopic (exact) mass is 580 g/mol. The van der Waals surface area contributed by atoms with E-state index < -0.39 is 0 Å². The molecule has 0 aliphatic heterocycles. The predicted octanol–water partition coefficient (Wildman–Crippen LogP) is 3.45. The van der Waals surface area contributed by atoms with Gasteiger partial charge in [-0.1, -0.05) is 69.9 Å². The van der Waals surface area contributed by atoms with Crippen LogP contribution in [0.15, 0.2) is 5.18 Å². The van der Waals surface area contributed by atoms with Gasteiger partial charge < -0.3 is 0 Å². The molecule has 0 aromatic carbocycles. The fraction of sp³-hybridized carbons (Fsp3) is 1.00. The predicted molar refractivity (Wildman–Crippen MR) is 90.5 cm³/mol. The summed E-state index contributed by atoms with van der Waals surface area (Å²) in [5, 5.41) is 2.85. The maximum absolute atomic E-state index is 9.79. The SMILES string of the molecule is CCCCCCCCCCCCN=O.I[I-]I. The fourth-order valence-corrected chi connectivity index (χ4v) is 1.66. The molecular weight excluding hydrogens is 555 g/mol. The molecule has 0 saturated heterocycles. The van der Waals surface area contributed by atoms with Crippen LogP contribution in [0, 0.1) is 4.91 Å². The number of rotatable bonds is 11. The Hall–Kier alpha value is 1.79. The molecule has 0 radical (unpaired) electrons. The summed E-state index contributed by atoms with van der Waals surface area (Å²) in [6, 6.07) is 0. The van der Waals surface area contributed by atoms with E-state index in [0.29, 0.717) is 19.8 Å². The zero-order valence-corrected chi connectivity index (χ0v) is 17.2. The van der Waals surface area contributed by atoms with Gasteiger partial charge in [0.25, 0.3) is 0 Å². The molecule has 0 unspecified atom stereocenters. The van der Waals surface area contributed by atoms with Crippen LogP contribution in [0.2, 0.25) is 0 Å². The van der Waals surface area contributed by atoms with Gasteiger partial charge in [-0.25, -0.2) is 0 Å². The summed E-state index contributed by atoms with van der Waals surface area (Å²) < 4.78 is 0. The second-order valence-electron chi connectivity index (χ2n) is 4.09. The molecule has 0 aliphatic rings. The summed E-state index contributed by atoms with van der Waals surface area (Å²) in [6.07, 6.45) is 13.1. The van der Waals surface area contributed by atoms with Gasteiger partial charge in [-0.2, -0.15) is 4.91 Å². The Kier molecular flexibility index (Phi) is 28.4. The third-order valence-corrected chi connectivity index (χ3v) is 2.60. The number of hydrogen-bond acceptors (Lipinski definition) is 2. The molecule has 0 aromatic heterocycles. The molecule has 0 bridgehead atoms. The van der Waals surface area contributed by atoms with E-state index in [4.69, 9.17) is 0 Å². The molecule has 0 aromatic rings. The van der Waals surface area contributed by atoms with Crippen molar-refractivity contribution in [1.29, 1.82) is 0 Å². The minimum absolute atomic E-state index is 0.510. The molecular formula is C12H25I3NO-. The van der Waals surface area contributed by atoms with E-state index in [1.165, 1.54) is 57.8 Å². The van der Waals surface area contributed by atoms with Crippen molar-refractivity contribution in [2.24, 2.45) is 5.18 Å². The van der Waals surface area contributed by atoms with Gasteiger partial charge in [0.1, 0.15) is 0 Å². The van der Waals surface area contributed by atoms with E-state index in [-0.39, 0.29) is 0 Å². The molecule has 0 fully saturated rings. The van der Waals surface area contributed by atoms with Gasteiger partial charge in [0, 0.05) is 0 Å². The van der Waals surface area contributed by atoms with Gasteiger partial charge in [-0.15, -0.1) is 0 Å². The Morgan fingerprint density at radius 2 is 1.18 bits per heavy atom. The first-order chi connectivity index (χ1) is 8.33. The Morgan fingerprint density at radius 3 is 1.53 bits per heavy atom. The van der Waals surface area contributed by atoms with Crippen LogP contribution in [-0.2, 0) is 0 Å². The van der Waals surface area contributed by atoms with Crippen molar-refractivity contribution in [3.05, 3.63) is 4.91 Å². The van der Waals surface area contributed by atoms with E-state index in [2.05, 4.69) is 49.3 Å². The van der Waals surface area contributed by atoms with Crippen LogP contribution in [-0.4, -0.2) is 6.54 Å². The van der Waals surface area contributed by atoms with Crippen molar-refractivity contribution in [2.45, 2.75) is 71.1 Å². The molecule has 2 nitrogen and oxygen atoms in total. The van der Waals surface area contributed by atoms with Crippen molar-refractivity contribution in [2.75, 3.05) is 6.54 Å². The number of nitrogens with zero attached hydrogens (tertiary/aromatic N) is 1. The van der Waals surface area contributed by atoms with Crippen LogP contribution < -0.4 is 13.3 Å². The average molecular weight is 580 g/mol. The number of unbranched alkanes of at least 4 members (excludes halogenated alkanes) is 9. The Labute approximate surface area is 136 Å². The van der Waals surface area contributed by atoms with Gasteiger partial charge in [-0.05, 0) is 6.42 Å². The second-order valence-corrected chi connectivity index (χ2v) is 20.3. The van der Waals surface area contributed by atoms with Crippen molar-refractivity contribution in [3.63, 3.8) is 0 Å². The summed E-state index contributed by atoms with van der Waals surface area (Å²) in [5.41, 5.74) is 0. The quantitative estimate of drug-likeness (QED) is 0.210. The average Bonchev–Trinajstić information content (AvgIpc) is 2.33. The summed E-state index contributed by atoms with van der Waals surface area (Å²) in [6.45, 7) is 2.76. The molecule has 0 aliphatic carbocycles. The summed E-state index contributed by atoms with van der Waals surface area (Å²) >= 11 is 5.30. The standard InChI is InChI=1S/C12H25NO.I3/c1-2-3-4-5-6-7-8-9-10-11-12-13-14;1-3-2/h2-12H2,1H3;/q;-1. The molecule has 0 atom stereocenters. The molecule has 0 spiro atoms. The summed E-state index contributed by atoms with van der Waals surface area (Å²) in [7, 11) is 0. The van der Waals surface area contributed by atoms with Crippen LogP contribution in [0.1, 0.15) is 71.1 Å². The van der Waals surface area contributed by atoms with Crippen LogP contribution in [0.3, 0.4) is 0 Å². The van der Waals surface area contributed by atoms with E-state index in [9.17, 15) is 4.91 Å². The summed E-state index contributed by atoms with van der Waals surface area (Å²) in [5.74, 6) is 0. The number of nitroso groups, excluding NO2 is 1.